The molecule has 0 saturated carbocycles. The van der Waals surface area contributed by atoms with Gasteiger partial charge in [-0.05, 0) is 230 Å². The molecule has 0 nitrogen and oxygen atoms in total. The van der Waals surface area contributed by atoms with Gasteiger partial charge in [-0.2, -0.15) is 0 Å². The van der Waals surface area contributed by atoms with Gasteiger partial charge >= 0.3 is 0 Å². The topological polar surface area (TPSA) is 0 Å². The van der Waals surface area contributed by atoms with Crippen molar-refractivity contribution in [1.82, 2.24) is 0 Å². The van der Waals surface area contributed by atoms with Crippen LogP contribution in [0.4, 0.5) is 0 Å². The molecule has 0 atom stereocenters. The maximum Gasteiger partial charge on any atom is 0.0159 e. The molecule has 0 heterocycles. The van der Waals surface area contributed by atoms with Crippen LogP contribution in [0.2, 0.25) is 0 Å². The molecule has 0 amide bonds. The fraction of sp³-hybridized carbons (Fsp3) is 0.140. The molecule has 86 heavy (non-hydrogen) atoms. The molecule has 0 radical (unpaired) electrons. The molecule has 4 aliphatic carbocycles. The zero-order valence-corrected chi connectivity index (χ0v) is 50.1. The molecule has 18 rings (SSSR count). The molecule has 14 aromatic carbocycles. The van der Waals surface area contributed by atoms with Crippen LogP contribution < -0.4 is 0 Å². The zero-order chi connectivity index (χ0) is 57.9. The van der Waals surface area contributed by atoms with Crippen molar-refractivity contribution in [3.63, 3.8) is 0 Å². The van der Waals surface area contributed by atoms with E-state index in [1.165, 1.54) is 187 Å². The third kappa shape index (κ3) is 6.44. The van der Waals surface area contributed by atoms with Gasteiger partial charge in [0.05, 0.1) is 0 Å². The first-order valence-electron chi connectivity index (χ1n) is 31.0. The maximum absolute atomic E-state index is 2.57. The van der Waals surface area contributed by atoms with Gasteiger partial charge in [-0.1, -0.05) is 256 Å². The van der Waals surface area contributed by atoms with Crippen molar-refractivity contribution in [3.8, 4) is 89.0 Å². The van der Waals surface area contributed by atoms with Gasteiger partial charge in [0.2, 0.25) is 0 Å². The van der Waals surface area contributed by atoms with Crippen LogP contribution >= 0.6 is 0 Å². The van der Waals surface area contributed by atoms with Crippen molar-refractivity contribution in [2.45, 2.75) is 77.0 Å². The van der Waals surface area contributed by atoms with Crippen molar-refractivity contribution >= 4 is 53.9 Å². The quantitative estimate of drug-likeness (QED) is 0.165. The van der Waals surface area contributed by atoms with E-state index in [0.717, 1.165) is 0 Å². The molecule has 4 aliphatic rings. The van der Waals surface area contributed by atoms with Crippen molar-refractivity contribution in [3.05, 3.63) is 287 Å². The Balaban J connectivity index is 0.746. The third-order valence-corrected chi connectivity index (χ3v) is 21.6. The minimum atomic E-state index is -0.259. The van der Waals surface area contributed by atoms with E-state index in [1.807, 2.05) is 0 Å². The molecular weight excluding hydrogens is 1030 g/mol. The summed E-state index contributed by atoms with van der Waals surface area (Å²) in [7, 11) is 0. The summed E-state index contributed by atoms with van der Waals surface area (Å²) in [6, 6.07) is 93.6. The van der Waals surface area contributed by atoms with Crippen LogP contribution in [0.1, 0.15) is 99.9 Å². The van der Waals surface area contributed by atoms with Gasteiger partial charge in [-0.25, -0.2) is 0 Å². The van der Waals surface area contributed by atoms with Gasteiger partial charge in [0.15, 0.2) is 0 Å². The first-order valence-corrected chi connectivity index (χ1v) is 31.0. The van der Waals surface area contributed by atoms with Crippen LogP contribution in [-0.4, -0.2) is 0 Å². The second-order valence-electron chi connectivity index (χ2n) is 27.4. The molecule has 0 unspecified atom stereocenters. The van der Waals surface area contributed by atoms with Crippen LogP contribution in [0.3, 0.4) is 0 Å². The lowest BCUT2D eigenvalue weighted by Crippen LogP contribution is -2.16. The molecule has 0 spiro atoms. The summed E-state index contributed by atoms with van der Waals surface area (Å²) >= 11 is 0. The normalized spacial score (nSPS) is 15.6. The van der Waals surface area contributed by atoms with E-state index >= 15 is 0 Å². The van der Waals surface area contributed by atoms with E-state index in [4.69, 9.17) is 0 Å². The lowest BCUT2D eigenvalue weighted by molar-refractivity contribution is 0.659. The van der Waals surface area contributed by atoms with Crippen LogP contribution in [0.15, 0.2) is 243 Å². The fourth-order valence-electron chi connectivity index (χ4n) is 17.2. The number of rotatable bonds is 4. The molecule has 0 fully saturated rings. The summed E-state index contributed by atoms with van der Waals surface area (Å²) in [5.74, 6) is 0. The second-order valence-corrected chi connectivity index (χ2v) is 27.4. The highest BCUT2D eigenvalue weighted by Gasteiger charge is 2.43. The van der Waals surface area contributed by atoms with Crippen LogP contribution in [0.25, 0.3) is 143 Å². The standard InChI is InChI=1S/C86H64/c1-83(2)71-35-20-19-29-59(71)60-39-36-50(42-72(60)83)67-45-75-79(63-30-15-11-25-55(63)67)80-64-31-16-12-26-56(64)68(46-76(80)85(75,5)6)51-37-40-61-62-41-38-52(44-74(62)84(3,4)73(61)43-51)69-47-77-81(65-32-17-13-27-57(65)69)82-66-33-18-14-28-58(66)70(48-78(82)86(77,7)8)54-34-21-23-49-22-9-10-24-53(49)54/h9-48H,1-8H3. The highest BCUT2D eigenvalue weighted by molar-refractivity contribution is 6.19. The Morgan fingerprint density at radius 3 is 0.872 bits per heavy atom. The molecule has 0 N–H and O–H groups in total. The minimum absolute atomic E-state index is 0.0792. The van der Waals surface area contributed by atoms with Crippen LogP contribution in [0, 0.1) is 0 Å². The van der Waals surface area contributed by atoms with Gasteiger partial charge in [0.25, 0.3) is 0 Å². The summed E-state index contributed by atoms with van der Waals surface area (Å²) in [6.45, 7) is 19.5. The average molecular weight is 1100 g/mol. The van der Waals surface area contributed by atoms with Crippen LogP contribution in [-0.2, 0) is 21.7 Å². The van der Waals surface area contributed by atoms with Gasteiger partial charge in [-0.15, -0.1) is 0 Å². The Morgan fingerprint density at radius 2 is 0.453 bits per heavy atom. The Bertz CT molecular complexity index is 5390. The summed E-state index contributed by atoms with van der Waals surface area (Å²) in [5, 5.41) is 13.0. The Labute approximate surface area is 504 Å². The van der Waals surface area contributed by atoms with E-state index in [9.17, 15) is 0 Å². The van der Waals surface area contributed by atoms with E-state index in [0.29, 0.717) is 0 Å². The van der Waals surface area contributed by atoms with Gasteiger partial charge in [-0.3, -0.25) is 0 Å². The number of hydrogen-bond acceptors (Lipinski definition) is 0. The molecule has 408 valence electrons. The smallest absolute Gasteiger partial charge is 0.0159 e. The molecule has 0 bridgehead atoms. The third-order valence-electron chi connectivity index (χ3n) is 21.6. The Kier molecular flexibility index (Phi) is 9.87. The summed E-state index contributed by atoms with van der Waals surface area (Å²) in [6.07, 6.45) is 0. The number of fused-ring (bicyclic) bond motifs is 21. The van der Waals surface area contributed by atoms with Crippen molar-refractivity contribution in [1.29, 1.82) is 0 Å². The lowest BCUT2D eigenvalue weighted by Gasteiger charge is -2.25. The molecular formula is C86H64. The van der Waals surface area contributed by atoms with Crippen molar-refractivity contribution in [2.24, 2.45) is 0 Å². The summed E-state index contributed by atoms with van der Waals surface area (Å²) in [4.78, 5) is 0. The van der Waals surface area contributed by atoms with Gasteiger partial charge in [0.1, 0.15) is 0 Å². The fourth-order valence-corrected chi connectivity index (χ4v) is 17.2. The minimum Gasteiger partial charge on any atom is -0.0619 e. The number of benzene rings is 14. The van der Waals surface area contributed by atoms with Crippen LogP contribution in [0.5, 0.6) is 0 Å². The second kappa shape index (κ2) is 17.1. The van der Waals surface area contributed by atoms with Crippen molar-refractivity contribution < 1.29 is 0 Å². The Morgan fingerprint density at radius 1 is 0.174 bits per heavy atom. The first kappa shape index (κ1) is 49.8. The SMILES string of the molecule is CC1(C)c2ccccc2-c2ccc(-c3cc4c(c5ccccc35)-c3c(cc(-c5ccc6c(c5)C(C)(C)c5cc(-c7cc8c(c9ccccc79)-c7c(cc(-c9cccc%10ccccc9%10)c9ccccc79)C8(C)C)ccc5-6)c5ccccc35)C4(C)C)cc21. The maximum atomic E-state index is 2.57. The number of hydrogen-bond donors (Lipinski definition) is 0. The first-order chi connectivity index (χ1) is 41.7. The van der Waals surface area contributed by atoms with E-state index < -0.39 is 0 Å². The van der Waals surface area contributed by atoms with Gasteiger partial charge < -0.3 is 0 Å². The molecule has 0 saturated heterocycles. The predicted octanol–water partition coefficient (Wildman–Crippen LogP) is 23.3. The highest BCUT2D eigenvalue weighted by atomic mass is 14.5. The average Bonchev–Trinajstić information content (AvgIpc) is 1.65. The monoisotopic (exact) mass is 1100 g/mol. The largest absolute Gasteiger partial charge is 0.0619 e. The molecule has 14 aromatic rings. The molecule has 0 aliphatic heterocycles. The summed E-state index contributed by atoms with van der Waals surface area (Å²) < 4.78 is 0. The molecule has 0 aromatic heterocycles. The highest BCUT2D eigenvalue weighted by Crippen LogP contribution is 2.61. The van der Waals surface area contributed by atoms with E-state index in [-0.39, 0.29) is 21.7 Å². The zero-order valence-electron chi connectivity index (χ0n) is 50.1. The molecule has 0 heteroatoms. The van der Waals surface area contributed by atoms with Crippen molar-refractivity contribution in [2.75, 3.05) is 0 Å². The van der Waals surface area contributed by atoms with E-state index in [2.05, 4.69) is 298 Å². The Hall–Kier alpha value is -9.62. The van der Waals surface area contributed by atoms with Gasteiger partial charge in [0, 0.05) is 21.7 Å². The lowest BCUT2D eigenvalue weighted by atomic mass is 9.78. The van der Waals surface area contributed by atoms with E-state index in [1.54, 1.807) is 0 Å². The predicted molar refractivity (Wildman–Crippen MR) is 366 cm³/mol. The summed E-state index contributed by atoms with van der Waals surface area (Å²) in [5.41, 5.74) is 31.5.